The first-order chi connectivity index (χ1) is 41.6. The number of carbonyl (C=O) groups excluding carboxylic acids is 3. The molecule has 8 nitrogen and oxygen atoms in total. The number of nitrogens with one attached hydrogen (secondary N) is 1. The molecule has 0 aliphatic heterocycles. The second kappa shape index (κ2) is 28.2. The number of furan rings is 1. The van der Waals surface area contributed by atoms with E-state index in [-0.39, 0.29) is 0 Å². The lowest BCUT2D eigenvalue weighted by Crippen LogP contribution is -2.51. The van der Waals surface area contributed by atoms with Gasteiger partial charge in [-0.1, -0.05) is 53.7 Å². The lowest BCUT2D eigenvalue weighted by atomic mass is 9.49. The summed E-state index contributed by atoms with van der Waals surface area (Å²) < 4.78 is 4.58. The highest BCUT2D eigenvalue weighted by Gasteiger charge is 2.62. The average molecular weight is 1220 g/mol. The Hall–Kier alpha value is -2.85. The number of rotatable bonds is 6. The van der Waals surface area contributed by atoms with Crippen LogP contribution >= 0.6 is 11.3 Å². The number of fused-ring (bicyclic) bond motifs is 15. The van der Waals surface area contributed by atoms with Gasteiger partial charge in [-0.3, -0.25) is 14.4 Å². The number of aliphatic hydroxyl groups is 3. The van der Waals surface area contributed by atoms with Crippen molar-refractivity contribution < 1.29 is 34.1 Å². The van der Waals surface area contributed by atoms with Crippen LogP contribution in [0, 0.1) is 123 Å². The predicted octanol–water partition coefficient (Wildman–Crippen LogP) is 19.0. The molecule has 24 atom stereocenters. The van der Waals surface area contributed by atoms with Crippen LogP contribution in [0.2, 0.25) is 0 Å². The Morgan fingerprint density at radius 1 is 0.391 bits per heavy atom. The lowest BCUT2D eigenvalue weighted by Gasteiger charge is -2.56. The monoisotopic (exact) mass is 1220 g/mol. The molecule has 12 aliphatic rings. The van der Waals surface area contributed by atoms with Gasteiger partial charge in [0.2, 0.25) is 0 Å². The van der Waals surface area contributed by atoms with Crippen molar-refractivity contribution in [1.29, 1.82) is 0 Å². The van der Waals surface area contributed by atoms with E-state index in [1.165, 1.54) is 116 Å². The molecule has 0 radical (unpaired) electrons. The summed E-state index contributed by atoms with van der Waals surface area (Å²) in [5.74, 6) is 15.1. The van der Waals surface area contributed by atoms with Gasteiger partial charge in [0, 0.05) is 49.4 Å². The topological polar surface area (TPSA) is 141 Å². The molecule has 0 spiro atoms. The highest BCUT2D eigenvalue weighted by Crippen LogP contribution is 2.68. The number of thiophene rings is 1. The van der Waals surface area contributed by atoms with Crippen LogP contribution in [0.3, 0.4) is 0 Å². The normalized spacial score (nSPS) is 45.9. The van der Waals surface area contributed by atoms with Gasteiger partial charge in [0.15, 0.2) is 0 Å². The molecule has 87 heavy (non-hydrogen) atoms. The molecular weight excluding hydrogens is 1090 g/mol. The third-order valence-electron chi connectivity index (χ3n) is 28.3. The molecule has 0 bridgehead atoms. The van der Waals surface area contributed by atoms with Gasteiger partial charge in [-0.25, -0.2) is 0 Å². The molecule has 3 aromatic rings. The van der Waals surface area contributed by atoms with E-state index < -0.39 is 16.8 Å². The van der Waals surface area contributed by atoms with Crippen molar-refractivity contribution in [1.82, 2.24) is 4.98 Å². The van der Waals surface area contributed by atoms with Crippen LogP contribution in [0.4, 0.5) is 0 Å². The molecule has 9 heteroatoms. The summed E-state index contributed by atoms with van der Waals surface area (Å²) in [5, 5.41) is 35.5. The van der Waals surface area contributed by atoms with Crippen molar-refractivity contribution in [3.05, 3.63) is 72.1 Å². The second-order valence-corrected chi connectivity index (χ2v) is 33.8. The first-order valence-corrected chi connectivity index (χ1v) is 37.3. The standard InChI is InChI=1S/3C22H36O2.C4H5N.C4H4O.C4H4S/c3*1-4-20(23)19-8-7-18-17-6-5-14-13-21(2,24)11-9-15(14)16(17)10-12-22(18,19)3;3*1-2-4-5-3-1/h3*14-19,24H,4-13H2,1-3H3;1-5H;2*1-4H/t3*14-,15+,16-,17-,18+,19-,21-,22+;;;/m111.../s1. The lowest BCUT2D eigenvalue weighted by molar-refractivity contribution is -0.132. The fourth-order valence-electron chi connectivity index (χ4n) is 24.3. The Morgan fingerprint density at radius 2 is 0.701 bits per heavy atom. The molecule has 3 heterocycles. The predicted molar refractivity (Wildman–Crippen MR) is 353 cm³/mol. The summed E-state index contributed by atoms with van der Waals surface area (Å²) in [6.07, 6.45) is 42.2. The summed E-state index contributed by atoms with van der Waals surface area (Å²) in [6, 6.07) is 11.6. The summed E-state index contributed by atoms with van der Waals surface area (Å²) in [6.45, 7) is 19.6. The number of carbonyl (C=O) groups is 3. The molecule has 0 saturated heterocycles. The number of ketones is 3. The maximum atomic E-state index is 12.5. The number of aromatic amines is 1. The fraction of sp³-hybridized carbons (Fsp3) is 0.808. The van der Waals surface area contributed by atoms with Crippen LogP contribution in [0.5, 0.6) is 0 Å². The number of hydrogen-bond donors (Lipinski definition) is 4. The van der Waals surface area contributed by atoms with E-state index in [0.717, 1.165) is 166 Å². The zero-order valence-electron chi connectivity index (χ0n) is 55.9. The zero-order chi connectivity index (χ0) is 61.9. The van der Waals surface area contributed by atoms with E-state index in [1.807, 2.05) is 101 Å². The average Bonchev–Trinajstić information content (AvgIpc) is 1.74. The Labute approximate surface area is 531 Å². The molecule has 4 N–H and O–H groups in total. The van der Waals surface area contributed by atoms with Gasteiger partial charge in [0.1, 0.15) is 17.3 Å². The largest absolute Gasteiger partial charge is 0.473 e. The smallest absolute Gasteiger partial charge is 0.136 e. The summed E-state index contributed by atoms with van der Waals surface area (Å²) >= 11 is 1.71. The van der Waals surface area contributed by atoms with Crippen molar-refractivity contribution in [2.75, 3.05) is 0 Å². The SMILES string of the molecule is CCC(=O)[C@H]1CC[C@H]2[C@@H]3CC[C@@H]4C[C@](C)(O)CC[C@@H]4[C@H]3CC[C@]12C.CCC(=O)[C@H]1CC[C@H]2[C@@H]3CC[C@@H]4C[C@](C)(O)CC[C@@H]4[C@H]3CC[C@]12C.CCC(=O)[C@H]1CC[C@H]2[C@@H]3CC[C@@H]4C[C@](C)(O)CC[C@@H]4[C@H]3CC[C@]12C.c1cc[nH]c1.c1ccoc1.c1ccsc1. The number of Topliss-reactive ketones (excluding diaryl/α,β-unsaturated/α-hetero) is 3. The molecule has 12 fully saturated rings. The Balaban J connectivity index is 0.000000128. The van der Waals surface area contributed by atoms with Crippen molar-refractivity contribution in [3.8, 4) is 0 Å². The third kappa shape index (κ3) is 14.4. The molecule has 12 saturated carbocycles. The molecule has 15 rings (SSSR count). The molecule has 0 aromatic carbocycles. The quantitative estimate of drug-likeness (QED) is 0.193. The van der Waals surface area contributed by atoms with Crippen LogP contribution in [-0.2, 0) is 14.4 Å². The molecule has 0 unspecified atom stereocenters. The Morgan fingerprint density at radius 3 is 0.943 bits per heavy atom. The van der Waals surface area contributed by atoms with E-state index in [0.29, 0.717) is 51.3 Å². The molecule has 3 aromatic heterocycles. The van der Waals surface area contributed by atoms with Gasteiger partial charge < -0.3 is 24.7 Å². The van der Waals surface area contributed by atoms with Crippen LogP contribution in [0.15, 0.2) is 76.5 Å². The van der Waals surface area contributed by atoms with Gasteiger partial charge >= 0.3 is 0 Å². The number of hydrogen-bond acceptors (Lipinski definition) is 8. The summed E-state index contributed by atoms with van der Waals surface area (Å²) in [5.41, 5.74) is -0.362. The van der Waals surface area contributed by atoms with Crippen molar-refractivity contribution >= 4 is 28.7 Å². The summed E-state index contributed by atoms with van der Waals surface area (Å²) in [7, 11) is 0. The minimum absolute atomic E-state index is 0.293. The van der Waals surface area contributed by atoms with Crippen molar-refractivity contribution in [2.24, 2.45) is 123 Å². The molecule has 12 aliphatic carbocycles. The zero-order valence-corrected chi connectivity index (χ0v) is 56.7. The van der Waals surface area contributed by atoms with Crippen LogP contribution in [0.25, 0.3) is 0 Å². The first-order valence-electron chi connectivity index (χ1n) is 36.3. The molecule has 0 amide bonds. The van der Waals surface area contributed by atoms with Gasteiger partial charge in [0.25, 0.3) is 0 Å². The molecule has 486 valence electrons. The minimum atomic E-state index is -0.414. The Kier molecular flexibility index (Phi) is 21.7. The van der Waals surface area contributed by atoms with E-state index in [1.54, 1.807) is 23.9 Å². The van der Waals surface area contributed by atoms with E-state index in [2.05, 4.69) is 30.2 Å². The highest BCUT2D eigenvalue weighted by molar-refractivity contribution is 7.07. The van der Waals surface area contributed by atoms with Gasteiger partial charge in [-0.15, -0.1) is 0 Å². The van der Waals surface area contributed by atoms with Gasteiger partial charge in [-0.05, 0) is 334 Å². The van der Waals surface area contributed by atoms with Crippen molar-refractivity contribution in [3.63, 3.8) is 0 Å². The van der Waals surface area contributed by atoms with Crippen LogP contribution < -0.4 is 0 Å². The Bertz CT molecular complexity index is 2270. The second-order valence-electron chi connectivity index (χ2n) is 33.0. The van der Waals surface area contributed by atoms with E-state index in [9.17, 15) is 29.7 Å². The van der Waals surface area contributed by atoms with Gasteiger partial charge in [-0.2, -0.15) is 11.3 Å². The van der Waals surface area contributed by atoms with Crippen molar-refractivity contribution in [2.45, 2.75) is 272 Å². The summed E-state index contributed by atoms with van der Waals surface area (Å²) in [4.78, 5) is 40.4. The third-order valence-corrected chi connectivity index (χ3v) is 28.9. The first kappa shape index (κ1) is 67.1. The van der Waals surface area contributed by atoms with E-state index >= 15 is 0 Å². The number of aromatic nitrogens is 1. The molecular formula is C78H121NO7S. The highest BCUT2D eigenvalue weighted by atomic mass is 32.1. The van der Waals surface area contributed by atoms with Crippen LogP contribution in [-0.4, -0.2) is 54.5 Å². The van der Waals surface area contributed by atoms with E-state index in [4.69, 9.17) is 0 Å². The minimum Gasteiger partial charge on any atom is -0.473 e. The maximum Gasteiger partial charge on any atom is 0.136 e. The number of H-pyrrole nitrogens is 1. The van der Waals surface area contributed by atoms with Crippen LogP contribution in [0.1, 0.15) is 255 Å². The fourth-order valence-corrected chi connectivity index (χ4v) is 24.8. The van der Waals surface area contributed by atoms with Gasteiger partial charge in [0.05, 0.1) is 29.3 Å². The maximum absolute atomic E-state index is 12.5.